The van der Waals surface area contributed by atoms with E-state index in [4.69, 9.17) is 13.6 Å². The summed E-state index contributed by atoms with van der Waals surface area (Å²) in [4.78, 5) is 54.1. The molecule has 0 fully saturated rings. The molecule has 4 aliphatic rings. The molecule has 0 unspecified atom stereocenters. The van der Waals surface area contributed by atoms with Gasteiger partial charge in [0, 0.05) is 77.0 Å². The fourth-order valence-electron chi connectivity index (χ4n) is 10.8. The minimum atomic E-state index is -1.25. The number of carboxylic acids is 2. The van der Waals surface area contributed by atoms with Gasteiger partial charge in [0.15, 0.2) is 5.43 Å². The SMILES string of the molecule is CNCc1ccc2c(-c3ccc(C(=O)NCc4c(O)ccc5c(-c6ccccc6C(=O)O)c6ccc(=O)c(CNCOCCC[N+](C)(C)CCC[N+](C)(C)CCC[N+](C)(C)C)c-6oc45)cc3C(=O)O)c3ccc(=[N+](C)C)cc-3oc2c1. The molecule has 81 heavy (non-hydrogen) atoms. The van der Waals surface area contributed by atoms with Gasteiger partial charge in [0.2, 0.25) is 5.36 Å². The zero-order valence-corrected chi connectivity index (χ0v) is 48.5. The number of nitrogens with one attached hydrogen (secondary N) is 3. The van der Waals surface area contributed by atoms with E-state index in [0.29, 0.717) is 68.6 Å². The molecule has 0 radical (unpaired) electrons. The molecular weight excluding hydrogens is 1030 g/mol. The number of amides is 1. The number of quaternary nitrogens is 3. The van der Waals surface area contributed by atoms with Crippen molar-refractivity contribution >= 4 is 39.8 Å². The minimum Gasteiger partial charge on any atom is -0.507 e. The third kappa shape index (κ3) is 14.1. The number of rotatable bonds is 25. The van der Waals surface area contributed by atoms with Gasteiger partial charge in [-0.25, -0.2) is 14.2 Å². The molecule has 4 aromatic carbocycles. The van der Waals surface area contributed by atoms with E-state index in [1.807, 2.05) is 62.1 Å². The van der Waals surface area contributed by atoms with Gasteiger partial charge >= 0.3 is 11.9 Å². The first-order chi connectivity index (χ1) is 38.5. The fraction of sp³-hybridized carbons (Fsp3) is 0.359. The second-order valence-corrected chi connectivity index (χ2v) is 23.7. The van der Waals surface area contributed by atoms with Crippen LogP contribution in [0.15, 0.2) is 117 Å². The Morgan fingerprint density at radius 2 is 1.27 bits per heavy atom. The number of benzene rings is 6. The van der Waals surface area contributed by atoms with Crippen LogP contribution in [0.1, 0.15) is 67.0 Å². The lowest BCUT2D eigenvalue weighted by Gasteiger charge is -2.34. The zero-order valence-electron chi connectivity index (χ0n) is 48.5. The molecule has 0 saturated carbocycles. The topological polar surface area (TPSA) is 204 Å². The number of ether oxygens (including phenoxy) is 1. The second kappa shape index (κ2) is 24.9. The Hall–Kier alpha value is -7.77. The van der Waals surface area contributed by atoms with Gasteiger partial charge in [-0.15, -0.1) is 0 Å². The molecule has 0 bridgehead atoms. The van der Waals surface area contributed by atoms with E-state index in [2.05, 4.69) is 65.3 Å². The van der Waals surface area contributed by atoms with Crippen molar-refractivity contribution in [1.82, 2.24) is 20.5 Å². The lowest BCUT2D eigenvalue weighted by atomic mass is 9.88. The van der Waals surface area contributed by atoms with Crippen LogP contribution in [0.3, 0.4) is 0 Å². The number of nitrogens with zero attached hydrogens (tertiary/aromatic N) is 4. The van der Waals surface area contributed by atoms with Crippen LogP contribution in [-0.2, 0) is 24.4 Å². The standard InChI is InChI=1S/C64H75N7O10/c1-65-37-41-18-21-47-56(34-41)80-57-36-43(68(2)3)20-23-48(57)58(47)45-22-19-42(35-51(45)64(77)78)62(74)67-39-53-55(73)27-25-50-59(44-16-11-12-17-46(44)63(75)76)49-24-26-54(72)52(60(49)81-61(50)53)38-66-40-79-33-15-32-71(9,10)31-14-30-70(7,8)29-13-28-69(4,5)6/h11-12,16-27,34-36,65-66H,13-15,28-33,37-40H2,1-10H3/p+4. The van der Waals surface area contributed by atoms with Gasteiger partial charge < -0.3 is 53.0 Å². The number of phenols is 1. The fourth-order valence-corrected chi connectivity index (χ4v) is 10.8. The van der Waals surface area contributed by atoms with E-state index in [1.54, 1.807) is 42.5 Å². The number of hydrogen-bond donors (Lipinski definition) is 6. The Morgan fingerprint density at radius 1 is 0.630 bits per heavy atom. The van der Waals surface area contributed by atoms with E-state index in [1.165, 1.54) is 30.7 Å². The maximum atomic E-state index is 14.3. The number of hydrogen-bond acceptors (Lipinski definition) is 10. The molecule has 17 heteroatoms. The molecule has 2 heterocycles. The van der Waals surface area contributed by atoms with Gasteiger partial charge in [-0.2, -0.15) is 0 Å². The first-order valence-electron chi connectivity index (χ1n) is 27.5. The number of aromatic hydroxyl groups is 1. The average Bonchev–Trinajstić information content (AvgIpc) is 2.89. The van der Waals surface area contributed by atoms with Crippen molar-refractivity contribution in [2.45, 2.75) is 38.9 Å². The Morgan fingerprint density at radius 3 is 1.96 bits per heavy atom. The summed E-state index contributed by atoms with van der Waals surface area (Å²) in [7, 11) is 21.6. The number of phenolic OH excluding ortho intramolecular Hbond substituents is 1. The lowest BCUT2D eigenvalue weighted by molar-refractivity contribution is -0.914. The molecule has 8 rings (SSSR count). The third-order valence-electron chi connectivity index (χ3n) is 15.2. The van der Waals surface area contributed by atoms with Crippen LogP contribution in [0.25, 0.3) is 66.8 Å². The zero-order chi connectivity index (χ0) is 58.4. The van der Waals surface area contributed by atoms with Crippen molar-refractivity contribution in [3.63, 3.8) is 0 Å². The molecule has 17 nitrogen and oxygen atoms in total. The highest BCUT2D eigenvalue weighted by Gasteiger charge is 2.29. The maximum Gasteiger partial charge on any atom is 0.336 e. The summed E-state index contributed by atoms with van der Waals surface area (Å²) in [5.41, 5.74) is 4.60. The number of carbonyl (C=O) groups excluding carboxylic acids is 1. The first-order valence-corrected chi connectivity index (χ1v) is 27.5. The van der Waals surface area contributed by atoms with Gasteiger partial charge in [0.1, 0.15) is 42.5 Å². The molecule has 2 aliphatic carbocycles. The quantitative estimate of drug-likeness (QED) is 0.0106. The molecule has 0 atom stereocenters. The van der Waals surface area contributed by atoms with Gasteiger partial charge in [0.25, 0.3) is 5.91 Å². The molecule has 0 aromatic heterocycles. The van der Waals surface area contributed by atoms with Gasteiger partial charge in [-0.3, -0.25) is 14.9 Å². The van der Waals surface area contributed by atoms with Crippen LogP contribution in [-0.4, -0.2) is 163 Å². The Labute approximate surface area is 473 Å². The second-order valence-electron chi connectivity index (χ2n) is 23.7. The average molecular weight is 1110 g/mol. The highest BCUT2D eigenvalue weighted by molar-refractivity contribution is 6.10. The molecule has 0 saturated heterocycles. The summed E-state index contributed by atoms with van der Waals surface area (Å²) < 4.78 is 24.0. The van der Waals surface area contributed by atoms with Crippen molar-refractivity contribution < 1.29 is 56.7 Å². The number of aromatic carboxylic acids is 2. The maximum absolute atomic E-state index is 14.3. The molecule has 426 valence electrons. The summed E-state index contributed by atoms with van der Waals surface area (Å²) in [6.45, 7) is 6.43. The van der Waals surface area contributed by atoms with Gasteiger partial charge in [-0.05, 0) is 78.3 Å². The van der Waals surface area contributed by atoms with Gasteiger partial charge in [0.05, 0.1) is 130 Å². The van der Waals surface area contributed by atoms with Crippen LogP contribution < -0.4 is 31.3 Å². The molecule has 2 aliphatic heterocycles. The molecular formula is C64H79N7O10+4. The Balaban J connectivity index is 1.05. The van der Waals surface area contributed by atoms with Crippen molar-refractivity contribution in [2.24, 2.45) is 0 Å². The van der Waals surface area contributed by atoms with Crippen LogP contribution in [0.5, 0.6) is 5.75 Å². The summed E-state index contributed by atoms with van der Waals surface area (Å²) >= 11 is 0. The van der Waals surface area contributed by atoms with E-state index in [0.717, 1.165) is 69.9 Å². The summed E-state index contributed by atoms with van der Waals surface area (Å²) in [5, 5.41) is 44.1. The molecule has 6 N–H and O–H groups in total. The molecule has 4 aromatic rings. The number of carbonyl (C=O) groups is 3. The summed E-state index contributed by atoms with van der Waals surface area (Å²) in [6, 6.07) is 28.7. The predicted molar refractivity (Wildman–Crippen MR) is 318 cm³/mol. The largest absolute Gasteiger partial charge is 0.507 e. The minimum absolute atomic E-state index is 0.00443. The third-order valence-corrected chi connectivity index (χ3v) is 15.2. The van der Waals surface area contributed by atoms with E-state index in [9.17, 15) is 34.5 Å². The smallest absolute Gasteiger partial charge is 0.336 e. The summed E-state index contributed by atoms with van der Waals surface area (Å²) in [6.07, 6.45) is 3.16. The molecule has 0 spiro atoms. The van der Waals surface area contributed by atoms with Crippen molar-refractivity contribution in [3.8, 4) is 50.7 Å². The Kier molecular flexibility index (Phi) is 18.3. The van der Waals surface area contributed by atoms with Crippen LogP contribution in [0, 0.1) is 0 Å². The van der Waals surface area contributed by atoms with Crippen LogP contribution in [0.2, 0.25) is 0 Å². The molecule has 1 amide bonds. The highest BCUT2D eigenvalue weighted by Crippen LogP contribution is 2.45. The van der Waals surface area contributed by atoms with Crippen molar-refractivity contribution in [1.29, 1.82) is 0 Å². The van der Waals surface area contributed by atoms with E-state index < -0.39 is 17.8 Å². The van der Waals surface area contributed by atoms with Crippen LogP contribution >= 0.6 is 0 Å². The summed E-state index contributed by atoms with van der Waals surface area (Å²) in [5.74, 6) is -2.58. The highest BCUT2D eigenvalue weighted by atomic mass is 16.5. The van der Waals surface area contributed by atoms with Gasteiger partial charge in [-0.1, -0.05) is 36.4 Å². The number of carboxylic acid groups (broad SMARTS) is 2. The Bertz CT molecular complexity index is 3700. The van der Waals surface area contributed by atoms with Crippen LogP contribution in [0.4, 0.5) is 0 Å². The first kappa shape index (κ1) is 59.4. The van der Waals surface area contributed by atoms with E-state index in [-0.39, 0.29) is 70.2 Å². The lowest BCUT2D eigenvalue weighted by Crippen LogP contribution is -2.47. The number of fused-ring (bicyclic) bond motifs is 4. The monoisotopic (exact) mass is 1110 g/mol. The predicted octanol–water partition coefficient (Wildman–Crippen LogP) is 7.96. The van der Waals surface area contributed by atoms with E-state index >= 15 is 0 Å². The normalized spacial score (nSPS) is 12.2. The van der Waals surface area contributed by atoms with Crippen molar-refractivity contribution in [2.75, 3.05) is 117 Å². The van der Waals surface area contributed by atoms with Crippen molar-refractivity contribution in [3.05, 3.63) is 152 Å².